The van der Waals surface area contributed by atoms with E-state index in [2.05, 4.69) is 92.0 Å². The molecule has 5 heterocycles. The Kier molecular flexibility index (Phi) is 24.9. The van der Waals surface area contributed by atoms with Crippen LogP contribution in [0.1, 0.15) is 117 Å². The minimum atomic E-state index is -4.24. The number of para-hydroxylation sites is 4. The third-order valence-corrected chi connectivity index (χ3v) is 19.2. The van der Waals surface area contributed by atoms with Crippen molar-refractivity contribution in [1.29, 1.82) is 0 Å². The number of hydrogen-bond acceptors (Lipinski definition) is 9. The van der Waals surface area contributed by atoms with Gasteiger partial charge in [0.15, 0.2) is 10.1 Å². The number of ether oxygens (including phenoxy) is 1. The Balaban J connectivity index is 0.000000214. The molecular formula is C72H82IN5O8S3. The normalized spacial score (nSPS) is 11.4. The van der Waals surface area contributed by atoms with E-state index in [0.717, 1.165) is 36.9 Å². The molecule has 0 radical (unpaired) electrons. The first-order chi connectivity index (χ1) is 40.8. The Morgan fingerprint density at radius 3 is 1.49 bits per heavy atom. The number of carbonyl (C=O) groups is 1. The maximum Gasteiger partial charge on any atom is 0.418 e. The van der Waals surface area contributed by atoms with Crippen LogP contribution in [0.25, 0.3) is 43.6 Å². The molecule has 89 heavy (non-hydrogen) atoms. The molecule has 0 bridgehead atoms. The summed E-state index contributed by atoms with van der Waals surface area (Å²) in [6.45, 7) is 20.3. The lowest BCUT2D eigenvalue weighted by Crippen LogP contribution is -2.26. The zero-order chi connectivity index (χ0) is 62.0. The predicted molar refractivity (Wildman–Crippen MR) is 375 cm³/mol. The number of H-pyrrole nitrogens is 2. The van der Waals surface area contributed by atoms with Crippen molar-refractivity contribution < 1.29 is 34.8 Å². The van der Waals surface area contributed by atoms with Crippen LogP contribution >= 0.6 is 24.0 Å². The lowest BCUT2D eigenvalue weighted by molar-refractivity contribution is 0.0544. The molecule has 13 nitrogen and oxygen atoms in total. The molecule has 0 saturated heterocycles. The average Bonchev–Trinajstić information content (AvgIpc) is 1.65. The van der Waals surface area contributed by atoms with Crippen molar-refractivity contribution in [2.75, 3.05) is 0 Å². The van der Waals surface area contributed by atoms with E-state index in [0.29, 0.717) is 22.1 Å². The predicted octanol–water partition coefficient (Wildman–Crippen LogP) is 19.0. The Morgan fingerprint density at radius 2 is 0.978 bits per heavy atom. The topological polar surface area (TPSA) is 183 Å². The van der Waals surface area contributed by atoms with Gasteiger partial charge in [-0.25, -0.2) is 30.6 Å². The standard InChI is InChI=1S/C22H20N2O4S2.C17H17NO2S.C13H15NO2.C10H14.C8H7N.2CH4.HI/c1-16(2)17-10-12-19(13-11-17)29(25,26)22-15-18-7-3-4-8-20(18)24(22)30(27,28)21-9-5-6-14-23-21;1-12(2)13-7-9-15(10-8-13)21(19,20)17-11-14-5-3-4-6-16(14)18-17;1-13(2,3)16-12(15)14-9-8-10-6-4-5-7-11(10)14;1-8(2)10-6-4-9(3)5-7-10;1-2-4-8-7(3-1)5-6-9-8;;;/h3-16H,1-2H3;3-12,18H,1-2H3;4-9H,1-3H3;4-8H,1-3H3;1-6,9H;2*1H4;1H. The van der Waals surface area contributed by atoms with Gasteiger partial charge in [0.25, 0.3) is 10.0 Å². The second-order valence-corrected chi connectivity index (χ2v) is 28.1. The van der Waals surface area contributed by atoms with Gasteiger partial charge in [-0.05, 0) is 152 Å². The first-order valence-electron chi connectivity index (χ1n) is 28.3. The van der Waals surface area contributed by atoms with Crippen molar-refractivity contribution >= 4 is 103 Å². The number of nitrogens with zero attached hydrogens (tertiary/aromatic N) is 3. The van der Waals surface area contributed by atoms with Crippen LogP contribution < -0.4 is 0 Å². The van der Waals surface area contributed by atoms with Crippen molar-refractivity contribution in [2.45, 2.75) is 132 Å². The average molecular weight is 1370 g/mol. The summed E-state index contributed by atoms with van der Waals surface area (Å²) in [7, 11) is -11.8. The number of sulfone groups is 2. The number of carbonyl (C=O) groups excluding carboxylic acids is 1. The Labute approximate surface area is 543 Å². The number of hydrogen-bond donors (Lipinski definition) is 2. The molecule has 0 unspecified atom stereocenters. The van der Waals surface area contributed by atoms with Gasteiger partial charge in [0.05, 0.1) is 20.8 Å². The lowest BCUT2D eigenvalue weighted by atomic mass is 10.0. The number of pyridine rings is 1. The van der Waals surface area contributed by atoms with E-state index in [1.165, 1.54) is 57.1 Å². The maximum absolute atomic E-state index is 13.5. The lowest BCUT2D eigenvalue weighted by Gasteiger charge is -2.19. The zero-order valence-electron chi connectivity index (χ0n) is 50.4. The Hall–Kier alpha value is -8.10. The first-order valence-corrected chi connectivity index (χ1v) is 32.7. The van der Waals surface area contributed by atoms with Crippen molar-refractivity contribution in [3.8, 4) is 0 Å². The summed E-state index contributed by atoms with van der Waals surface area (Å²) >= 11 is 0. The van der Waals surface area contributed by atoms with E-state index in [1.807, 2.05) is 120 Å². The number of fused-ring (bicyclic) bond motifs is 4. The Morgan fingerprint density at radius 1 is 0.506 bits per heavy atom. The summed E-state index contributed by atoms with van der Waals surface area (Å²) < 4.78 is 86.8. The van der Waals surface area contributed by atoms with Gasteiger partial charge in [0.2, 0.25) is 19.7 Å². The number of aromatic nitrogens is 5. The van der Waals surface area contributed by atoms with Gasteiger partial charge < -0.3 is 14.7 Å². The molecule has 0 amide bonds. The van der Waals surface area contributed by atoms with Gasteiger partial charge in [-0.2, -0.15) is 8.42 Å². The number of nitrogens with one attached hydrogen (secondary N) is 2. The summed E-state index contributed by atoms with van der Waals surface area (Å²) in [5, 5.41) is 3.42. The molecule has 468 valence electrons. The van der Waals surface area contributed by atoms with Crippen LogP contribution in [0, 0.1) is 6.92 Å². The highest BCUT2D eigenvalue weighted by atomic mass is 127. The molecule has 5 aromatic heterocycles. The minimum absolute atomic E-state index is 0. The highest BCUT2D eigenvalue weighted by molar-refractivity contribution is 14.0. The first kappa shape index (κ1) is 71.7. The molecule has 0 fully saturated rings. The minimum Gasteiger partial charge on any atom is -0.443 e. The second-order valence-electron chi connectivity index (χ2n) is 22.5. The van der Waals surface area contributed by atoms with Crippen molar-refractivity contribution in [2.24, 2.45) is 0 Å². The summed E-state index contributed by atoms with van der Waals surface area (Å²) in [5.41, 5.74) is 7.60. The van der Waals surface area contributed by atoms with Gasteiger partial charge in [-0.3, -0.25) is 4.57 Å². The fourth-order valence-corrected chi connectivity index (χ4v) is 13.7. The molecule has 0 saturated carbocycles. The largest absolute Gasteiger partial charge is 0.443 e. The van der Waals surface area contributed by atoms with E-state index >= 15 is 0 Å². The van der Waals surface area contributed by atoms with E-state index < -0.39 is 35.3 Å². The van der Waals surface area contributed by atoms with Gasteiger partial charge in [-0.15, -0.1) is 24.0 Å². The van der Waals surface area contributed by atoms with Gasteiger partial charge in [0.1, 0.15) is 10.6 Å². The molecule has 0 aliphatic heterocycles. The van der Waals surface area contributed by atoms with Crippen LogP contribution in [0.3, 0.4) is 0 Å². The van der Waals surface area contributed by atoms with Gasteiger partial charge in [0, 0.05) is 45.8 Å². The highest BCUT2D eigenvalue weighted by Gasteiger charge is 2.32. The fraction of sp³-hybridized carbons (Fsp3) is 0.222. The van der Waals surface area contributed by atoms with E-state index in [9.17, 15) is 30.0 Å². The van der Waals surface area contributed by atoms with Crippen molar-refractivity contribution in [1.82, 2.24) is 23.5 Å². The van der Waals surface area contributed by atoms with Crippen LogP contribution in [0.4, 0.5) is 4.79 Å². The quantitative estimate of drug-likeness (QED) is 0.133. The Bertz CT molecular complexity index is 4520. The molecule has 0 aliphatic rings. The molecular weight excluding hydrogens is 1290 g/mol. The van der Waals surface area contributed by atoms with Crippen molar-refractivity contribution in [3.63, 3.8) is 0 Å². The molecule has 0 spiro atoms. The number of halogens is 1. The van der Waals surface area contributed by atoms with Gasteiger partial charge in [-0.1, -0.05) is 189 Å². The van der Waals surface area contributed by atoms with Crippen LogP contribution in [-0.4, -0.2) is 60.4 Å². The molecule has 7 aromatic carbocycles. The molecule has 0 aliphatic carbocycles. The maximum atomic E-state index is 13.5. The third kappa shape index (κ3) is 17.6. The summed E-state index contributed by atoms with van der Waals surface area (Å²) in [6, 6.07) is 64.0. The summed E-state index contributed by atoms with van der Waals surface area (Å²) in [4.78, 5) is 22.3. The smallest absolute Gasteiger partial charge is 0.418 e. The highest BCUT2D eigenvalue weighted by Crippen LogP contribution is 2.33. The number of aryl methyl sites for hydroxylation is 1. The second kappa shape index (κ2) is 30.9. The van der Waals surface area contributed by atoms with Crippen LogP contribution in [0.5, 0.6) is 0 Å². The SMILES string of the molecule is C.C.CC(C)(C)OC(=O)n1ccc2ccccc21.CC(C)c1ccc(S(=O)(=O)c2cc3ccccc3[nH]2)cc1.CC(C)c1ccc(S(=O)(=O)c2cc3ccccc3n2S(=O)(=O)c2ccccn2)cc1.Cc1ccc(C(C)C)cc1.I.c1ccc2[nH]ccc2c1. The van der Waals surface area contributed by atoms with E-state index in [-0.39, 0.29) is 76.3 Å². The monoisotopic (exact) mass is 1370 g/mol. The third-order valence-electron chi connectivity index (χ3n) is 14.0. The molecule has 17 heteroatoms. The zero-order valence-corrected chi connectivity index (χ0v) is 55.2. The fourth-order valence-electron chi connectivity index (χ4n) is 9.14. The van der Waals surface area contributed by atoms with Crippen LogP contribution in [0.15, 0.2) is 256 Å². The van der Waals surface area contributed by atoms with Crippen molar-refractivity contribution in [3.05, 3.63) is 253 Å². The number of aromatic amines is 2. The number of rotatable bonds is 9. The molecule has 0 atom stereocenters. The van der Waals surface area contributed by atoms with E-state index in [4.69, 9.17) is 4.74 Å². The number of benzene rings is 7. The van der Waals surface area contributed by atoms with Gasteiger partial charge >= 0.3 is 6.09 Å². The van der Waals surface area contributed by atoms with Crippen LogP contribution in [-0.2, 0) is 34.4 Å². The van der Waals surface area contributed by atoms with Crippen LogP contribution in [0.2, 0.25) is 0 Å². The molecule has 12 rings (SSSR count). The summed E-state index contributed by atoms with van der Waals surface area (Å²) in [5.74, 6) is 1.29. The molecule has 12 aromatic rings. The van der Waals surface area contributed by atoms with E-state index in [1.54, 1.807) is 72.9 Å². The molecule has 2 N–H and O–H groups in total. The summed E-state index contributed by atoms with van der Waals surface area (Å²) in [6.07, 6.45) is 4.70.